The van der Waals surface area contributed by atoms with Crippen molar-refractivity contribution in [2.45, 2.75) is 45.6 Å². The van der Waals surface area contributed by atoms with Gasteiger partial charge in [-0.3, -0.25) is 0 Å². The molecule has 1 aliphatic rings. The molecule has 0 saturated carbocycles. The fourth-order valence-electron chi connectivity index (χ4n) is 3.11. The van der Waals surface area contributed by atoms with E-state index in [1.807, 2.05) is 12.1 Å². The molecule has 0 radical (unpaired) electrons. The van der Waals surface area contributed by atoms with Crippen LogP contribution >= 0.6 is 12.2 Å². The first-order valence-corrected chi connectivity index (χ1v) is 8.78. The summed E-state index contributed by atoms with van der Waals surface area (Å²) < 4.78 is 0. The summed E-state index contributed by atoms with van der Waals surface area (Å²) in [5, 5.41) is 7.30. The summed E-state index contributed by atoms with van der Waals surface area (Å²) in [6, 6.07) is 15.3. The summed E-state index contributed by atoms with van der Waals surface area (Å²) in [7, 11) is 0. The normalized spacial score (nSPS) is 14.7. The molecule has 0 aliphatic heterocycles. The number of rotatable bonds is 3. The lowest BCUT2D eigenvalue weighted by atomic mass is 9.89. The molecule has 0 fully saturated rings. The molecule has 2 N–H and O–H groups in total. The molecule has 2 aromatic rings. The van der Waals surface area contributed by atoms with Crippen LogP contribution in [-0.2, 0) is 12.8 Å². The molecule has 0 saturated heterocycles. The zero-order valence-corrected chi connectivity index (χ0v) is 14.7. The molecular weight excluding hydrogens is 300 g/mol. The Morgan fingerprint density at radius 3 is 2.43 bits per heavy atom. The molecule has 1 aliphatic carbocycles. The van der Waals surface area contributed by atoms with E-state index in [1.165, 1.54) is 47.9 Å². The monoisotopic (exact) mass is 324 g/mol. The van der Waals surface area contributed by atoms with Crippen LogP contribution in [-0.4, -0.2) is 5.11 Å². The van der Waals surface area contributed by atoms with Crippen LogP contribution in [0.1, 0.15) is 48.1 Å². The third-order valence-corrected chi connectivity index (χ3v) is 4.75. The van der Waals surface area contributed by atoms with Crippen molar-refractivity contribution in [1.29, 1.82) is 0 Å². The van der Waals surface area contributed by atoms with E-state index in [0.29, 0.717) is 5.11 Å². The molecule has 0 spiro atoms. The molecular formula is C20H24N2S. The lowest BCUT2D eigenvalue weighted by Gasteiger charge is -2.21. The molecule has 0 amide bonds. The van der Waals surface area contributed by atoms with E-state index in [-0.39, 0.29) is 6.04 Å². The summed E-state index contributed by atoms with van der Waals surface area (Å²) in [6.45, 7) is 4.24. The van der Waals surface area contributed by atoms with Crippen molar-refractivity contribution in [2.24, 2.45) is 0 Å². The van der Waals surface area contributed by atoms with Crippen LogP contribution in [0.25, 0.3) is 0 Å². The number of hydrogen-bond donors (Lipinski definition) is 2. The van der Waals surface area contributed by atoms with Crippen LogP contribution in [0, 0.1) is 6.92 Å². The standard InChI is InChI=1S/C20H24N2S/c1-14-7-11-19(12-8-14)22-20(23)21-15(2)17-10-9-16-5-3-4-6-18(16)13-17/h7-13,15H,3-6H2,1-2H3,(H2,21,22,23). The summed E-state index contributed by atoms with van der Waals surface area (Å²) >= 11 is 5.44. The topological polar surface area (TPSA) is 24.1 Å². The minimum Gasteiger partial charge on any atom is -0.356 e. The maximum atomic E-state index is 5.44. The zero-order chi connectivity index (χ0) is 16.2. The summed E-state index contributed by atoms with van der Waals surface area (Å²) in [4.78, 5) is 0. The summed E-state index contributed by atoms with van der Waals surface area (Å²) in [6.07, 6.45) is 5.07. The SMILES string of the molecule is Cc1ccc(NC(=S)NC(C)c2ccc3c(c2)CCCC3)cc1. The molecule has 23 heavy (non-hydrogen) atoms. The van der Waals surface area contributed by atoms with E-state index in [9.17, 15) is 0 Å². The highest BCUT2D eigenvalue weighted by Crippen LogP contribution is 2.24. The quantitative estimate of drug-likeness (QED) is 0.784. The van der Waals surface area contributed by atoms with Gasteiger partial charge in [0.25, 0.3) is 0 Å². The van der Waals surface area contributed by atoms with E-state index in [2.05, 4.69) is 54.8 Å². The first kappa shape index (κ1) is 16.0. The highest BCUT2D eigenvalue weighted by atomic mass is 32.1. The molecule has 3 rings (SSSR count). The third kappa shape index (κ3) is 4.11. The number of hydrogen-bond acceptors (Lipinski definition) is 1. The fourth-order valence-corrected chi connectivity index (χ4v) is 3.40. The Labute approximate surface area is 144 Å². The van der Waals surface area contributed by atoms with Crippen molar-refractivity contribution in [3.63, 3.8) is 0 Å². The van der Waals surface area contributed by atoms with Gasteiger partial charge in [-0.1, -0.05) is 35.9 Å². The summed E-state index contributed by atoms with van der Waals surface area (Å²) in [5.41, 5.74) is 6.61. The minimum atomic E-state index is 0.202. The number of nitrogens with one attached hydrogen (secondary N) is 2. The van der Waals surface area contributed by atoms with Gasteiger partial charge in [0.05, 0.1) is 6.04 Å². The fraction of sp³-hybridized carbons (Fsp3) is 0.350. The first-order chi connectivity index (χ1) is 11.1. The average molecular weight is 324 g/mol. The van der Waals surface area contributed by atoms with Crippen LogP contribution < -0.4 is 10.6 Å². The second kappa shape index (κ2) is 7.14. The Morgan fingerprint density at radius 1 is 1.00 bits per heavy atom. The van der Waals surface area contributed by atoms with E-state index >= 15 is 0 Å². The largest absolute Gasteiger partial charge is 0.356 e. The van der Waals surface area contributed by atoms with Gasteiger partial charge in [0.1, 0.15) is 0 Å². The molecule has 3 heteroatoms. The van der Waals surface area contributed by atoms with Gasteiger partial charge >= 0.3 is 0 Å². The van der Waals surface area contributed by atoms with Gasteiger partial charge in [-0.25, -0.2) is 0 Å². The molecule has 120 valence electrons. The van der Waals surface area contributed by atoms with Crippen molar-refractivity contribution >= 4 is 23.0 Å². The summed E-state index contributed by atoms with van der Waals surface area (Å²) in [5.74, 6) is 0. The highest BCUT2D eigenvalue weighted by molar-refractivity contribution is 7.80. The molecule has 0 aromatic heterocycles. The van der Waals surface area contributed by atoms with Crippen molar-refractivity contribution in [2.75, 3.05) is 5.32 Å². The Hall–Kier alpha value is -1.87. The predicted octanol–water partition coefficient (Wildman–Crippen LogP) is 4.92. The van der Waals surface area contributed by atoms with Gasteiger partial charge < -0.3 is 10.6 Å². The number of aryl methyl sites for hydroxylation is 3. The van der Waals surface area contributed by atoms with Crippen LogP contribution in [0.4, 0.5) is 5.69 Å². The Bertz CT molecular complexity index is 691. The smallest absolute Gasteiger partial charge is 0.171 e. The van der Waals surface area contributed by atoms with Crippen molar-refractivity contribution in [3.05, 3.63) is 64.7 Å². The van der Waals surface area contributed by atoms with E-state index in [4.69, 9.17) is 12.2 Å². The Balaban J connectivity index is 1.63. The number of benzene rings is 2. The number of fused-ring (bicyclic) bond motifs is 1. The number of anilines is 1. The average Bonchev–Trinajstić information content (AvgIpc) is 2.56. The second-order valence-electron chi connectivity index (χ2n) is 6.42. The number of thiocarbonyl (C=S) groups is 1. The molecule has 1 unspecified atom stereocenters. The Kier molecular flexibility index (Phi) is 4.97. The van der Waals surface area contributed by atoms with Crippen molar-refractivity contribution in [3.8, 4) is 0 Å². The van der Waals surface area contributed by atoms with Crippen LogP contribution in [0.2, 0.25) is 0 Å². The molecule has 1 atom stereocenters. The van der Waals surface area contributed by atoms with Gasteiger partial charge in [-0.05, 0) is 80.6 Å². The Morgan fingerprint density at radius 2 is 1.70 bits per heavy atom. The molecule has 0 heterocycles. The molecule has 0 bridgehead atoms. The maximum absolute atomic E-state index is 5.44. The van der Waals surface area contributed by atoms with Gasteiger partial charge in [0.15, 0.2) is 5.11 Å². The maximum Gasteiger partial charge on any atom is 0.171 e. The lowest BCUT2D eigenvalue weighted by Crippen LogP contribution is -2.31. The van der Waals surface area contributed by atoms with Crippen LogP contribution in [0.3, 0.4) is 0 Å². The third-order valence-electron chi connectivity index (χ3n) is 4.53. The highest BCUT2D eigenvalue weighted by Gasteiger charge is 2.13. The van der Waals surface area contributed by atoms with Crippen LogP contribution in [0.15, 0.2) is 42.5 Å². The van der Waals surface area contributed by atoms with Crippen LogP contribution in [0.5, 0.6) is 0 Å². The van der Waals surface area contributed by atoms with E-state index < -0.39 is 0 Å². The van der Waals surface area contributed by atoms with Crippen molar-refractivity contribution in [1.82, 2.24) is 5.32 Å². The van der Waals surface area contributed by atoms with Crippen molar-refractivity contribution < 1.29 is 0 Å². The van der Waals surface area contributed by atoms with Gasteiger partial charge in [0.2, 0.25) is 0 Å². The molecule has 2 nitrogen and oxygen atoms in total. The first-order valence-electron chi connectivity index (χ1n) is 8.38. The predicted molar refractivity (Wildman–Crippen MR) is 102 cm³/mol. The van der Waals surface area contributed by atoms with E-state index in [1.54, 1.807) is 0 Å². The zero-order valence-electron chi connectivity index (χ0n) is 13.9. The minimum absolute atomic E-state index is 0.202. The second-order valence-corrected chi connectivity index (χ2v) is 6.83. The molecule has 2 aromatic carbocycles. The van der Waals surface area contributed by atoms with Gasteiger partial charge in [-0.15, -0.1) is 0 Å². The van der Waals surface area contributed by atoms with Gasteiger partial charge in [-0.2, -0.15) is 0 Å². The lowest BCUT2D eigenvalue weighted by molar-refractivity contribution is 0.675. The van der Waals surface area contributed by atoms with Gasteiger partial charge in [0, 0.05) is 5.69 Å². The van der Waals surface area contributed by atoms with E-state index in [0.717, 1.165) is 5.69 Å².